The number of nitrogens with zero attached hydrogens (tertiary/aromatic N) is 2. The van der Waals surface area contributed by atoms with E-state index in [4.69, 9.17) is 16.3 Å². The summed E-state index contributed by atoms with van der Waals surface area (Å²) in [5.74, 6) is 1.49. The molecule has 2 aromatic rings. The summed E-state index contributed by atoms with van der Waals surface area (Å²) >= 11 is 5.98. The van der Waals surface area contributed by atoms with E-state index >= 15 is 0 Å². The number of hydrogen-bond donors (Lipinski definition) is 1. The molecule has 1 unspecified atom stereocenters. The number of hydrogen-bond acceptors (Lipinski definition) is 4. The summed E-state index contributed by atoms with van der Waals surface area (Å²) in [5, 5.41) is 3.69. The van der Waals surface area contributed by atoms with E-state index in [2.05, 4.69) is 15.3 Å². The second-order valence-corrected chi connectivity index (χ2v) is 4.80. The van der Waals surface area contributed by atoms with E-state index in [1.807, 2.05) is 38.1 Å². The van der Waals surface area contributed by atoms with Gasteiger partial charge in [0.15, 0.2) is 0 Å². The molecule has 1 aromatic heterocycles. The number of anilines is 1. The minimum absolute atomic E-state index is 0.0907. The highest BCUT2D eigenvalue weighted by Crippen LogP contribution is 2.17. The lowest BCUT2D eigenvalue weighted by molar-refractivity contribution is 0.303. The zero-order valence-corrected chi connectivity index (χ0v) is 11.7. The van der Waals surface area contributed by atoms with Gasteiger partial charge in [0.2, 0.25) is 0 Å². The van der Waals surface area contributed by atoms with Gasteiger partial charge in [0.1, 0.15) is 29.5 Å². The molecule has 0 spiro atoms. The van der Waals surface area contributed by atoms with Gasteiger partial charge in [-0.05, 0) is 31.5 Å². The van der Waals surface area contributed by atoms with Crippen LogP contribution < -0.4 is 10.1 Å². The van der Waals surface area contributed by atoms with Crippen molar-refractivity contribution in [1.29, 1.82) is 0 Å². The van der Waals surface area contributed by atoms with Crippen LogP contribution in [0.3, 0.4) is 0 Å². The molecule has 1 heterocycles. The maximum Gasteiger partial charge on any atom is 0.148 e. The fourth-order valence-corrected chi connectivity index (χ4v) is 1.78. The monoisotopic (exact) mass is 277 g/mol. The molecule has 0 saturated heterocycles. The van der Waals surface area contributed by atoms with Gasteiger partial charge in [-0.3, -0.25) is 0 Å². The first-order chi connectivity index (χ1) is 9.15. The Labute approximate surface area is 117 Å². The summed E-state index contributed by atoms with van der Waals surface area (Å²) < 4.78 is 5.71. The van der Waals surface area contributed by atoms with Crippen molar-refractivity contribution in [3.05, 3.63) is 47.4 Å². The highest BCUT2D eigenvalue weighted by atomic mass is 35.5. The van der Waals surface area contributed by atoms with Gasteiger partial charge >= 0.3 is 0 Å². The van der Waals surface area contributed by atoms with Gasteiger partial charge < -0.3 is 10.1 Å². The van der Waals surface area contributed by atoms with Crippen LogP contribution in [0.2, 0.25) is 5.02 Å². The Bertz CT molecular complexity index is 548. The molecule has 0 bridgehead atoms. The maximum atomic E-state index is 5.98. The van der Waals surface area contributed by atoms with E-state index in [9.17, 15) is 0 Å². The van der Waals surface area contributed by atoms with Gasteiger partial charge in [0.05, 0.1) is 12.2 Å². The summed E-state index contributed by atoms with van der Waals surface area (Å²) in [6.07, 6.45) is 3.02. The Morgan fingerprint density at radius 2 is 2.26 bits per heavy atom. The van der Waals surface area contributed by atoms with Crippen LogP contribution in [0.5, 0.6) is 5.75 Å². The van der Waals surface area contributed by atoms with E-state index < -0.39 is 0 Å². The summed E-state index contributed by atoms with van der Waals surface area (Å²) in [7, 11) is 0. The zero-order valence-electron chi connectivity index (χ0n) is 10.9. The lowest BCUT2D eigenvalue weighted by atomic mass is 10.2. The fourth-order valence-electron chi connectivity index (χ4n) is 1.62. The van der Waals surface area contributed by atoms with Crippen LogP contribution in [0.25, 0.3) is 0 Å². The molecular formula is C14H16ClN3O. The molecule has 0 radical (unpaired) electrons. The van der Waals surface area contributed by atoms with Gasteiger partial charge in [-0.15, -0.1) is 0 Å². The lowest BCUT2D eigenvalue weighted by Crippen LogP contribution is -2.24. The fraction of sp³-hybridized carbons (Fsp3) is 0.286. The number of nitrogens with one attached hydrogen (secondary N) is 1. The van der Waals surface area contributed by atoms with Gasteiger partial charge in [-0.25, -0.2) is 9.97 Å². The Balaban J connectivity index is 1.88. The molecule has 0 aliphatic rings. The molecule has 19 heavy (non-hydrogen) atoms. The summed E-state index contributed by atoms with van der Waals surface area (Å²) in [6.45, 7) is 4.58. The SMILES string of the molecule is Cc1cccc(OCC(C)Nc2ncncc2Cl)c1. The molecule has 2 rings (SSSR count). The van der Waals surface area contributed by atoms with Crippen LogP contribution in [-0.2, 0) is 0 Å². The predicted octanol–water partition coefficient (Wildman–Crippen LogP) is 3.32. The largest absolute Gasteiger partial charge is 0.491 e. The van der Waals surface area contributed by atoms with Crippen LogP contribution in [0, 0.1) is 6.92 Å². The van der Waals surface area contributed by atoms with Crippen molar-refractivity contribution in [2.24, 2.45) is 0 Å². The van der Waals surface area contributed by atoms with Crippen molar-refractivity contribution < 1.29 is 4.74 Å². The molecule has 0 fully saturated rings. The molecule has 1 aromatic carbocycles. The molecule has 0 aliphatic heterocycles. The number of aryl methyl sites for hydroxylation is 1. The molecule has 4 nitrogen and oxygen atoms in total. The molecule has 0 aliphatic carbocycles. The molecule has 0 amide bonds. The highest BCUT2D eigenvalue weighted by Gasteiger charge is 2.07. The summed E-state index contributed by atoms with van der Waals surface area (Å²) in [6, 6.07) is 8.05. The van der Waals surface area contributed by atoms with Gasteiger partial charge in [0.25, 0.3) is 0 Å². The highest BCUT2D eigenvalue weighted by molar-refractivity contribution is 6.32. The number of aromatic nitrogens is 2. The van der Waals surface area contributed by atoms with Crippen molar-refractivity contribution in [3.63, 3.8) is 0 Å². The standard InChI is InChI=1S/C14H16ClN3O/c1-10-4-3-5-12(6-10)19-8-11(2)18-14-13(15)7-16-9-17-14/h3-7,9,11H,8H2,1-2H3,(H,16,17,18). The first-order valence-electron chi connectivity index (χ1n) is 6.06. The van der Waals surface area contributed by atoms with Gasteiger partial charge in [-0.2, -0.15) is 0 Å². The smallest absolute Gasteiger partial charge is 0.148 e. The van der Waals surface area contributed by atoms with E-state index in [1.165, 1.54) is 11.9 Å². The normalized spacial score (nSPS) is 11.9. The number of halogens is 1. The predicted molar refractivity (Wildman–Crippen MR) is 76.8 cm³/mol. The third-order valence-electron chi connectivity index (χ3n) is 2.54. The first kappa shape index (κ1) is 13.6. The number of benzene rings is 1. The Morgan fingerprint density at radius 1 is 1.42 bits per heavy atom. The molecule has 1 atom stereocenters. The molecular weight excluding hydrogens is 262 g/mol. The Morgan fingerprint density at radius 3 is 3.00 bits per heavy atom. The Kier molecular flexibility index (Phi) is 4.58. The minimum atomic E-state index is 0.0907. The molecule has 5 heteroatoms. The van der Waals surface area contributed by atoms with E-state index in [0.29, 0.717) is 17.4 Å². The molecule has 100 valence electrons. The van der Waals surface area contributed by atoms with Crippen molar-refractivity contribution >= 4 is 17.4 Å². The topological polar surface area (TPSA) is 47.0 Å². The quantitative estimate of drug-likeness (QED) is 0.911. The van der Waals surface area contributed by atoms with Crippen molar-refractivity contribution in [3.8, 4) is 5.75 Å². The average molecular weight is 278 g/mol. The first-order valence-corrected chi connectivity index (χ1v) is 6.44. The van der Waals surface area contributed by atoms with Crippen LogP contribution in [0.1, 0.15) is 12.5 Å². The second-order valence-electron chi connectivity index (χ2n) is 4.39. The van der Waals surface area contributed by atoms with E-state index in [-0.39, 0.29) is 6.04 Å². The summed E-state index contributed by atoms with van der Waals surface area (Å²) in [4.78, 5) is 7.92. The van der Waals surface area contributed by atoms with Gasteiger partial charge in [-0.1, -0.05) is 23.7 Å². The number of ether oxygens (including phenoxy) is 1. The van der Waals surface area contributed by atoms with Crippen LogP contribution >= 0.6 is 11.6 Å². The van der Waals surface area contributed by atoms with E-state index in [1.54, 1.807) is 6.20 Å². The number of rotatable bonds is 5. The van der Waals surface area contributed by atoms with Crippen LogP contribution in [0.4, 0.5) is 5.82 Å². The lowest BCUT2D eigenvalue weighted by Gasteiger charge is -2.16. The van der Waals surface area contributed by atoms with Crippen LogP contribution in [-0.4, -0.2) is 22.6 Å². The van der Waals surface area contributed by atoms with Gasteiger partial charge in [0, 0.05) is 0 Å². The second kappa shape index (κ2) is 6.38. The average Bonchev–Trinajstić information content (AvgIpc) is 2.39. The van der Waals surface area contributed by atoms with E-state index in [0.717, 1.165) is 5.75 Å². The Hall–Kier alpha value is -1.81. The van der Waals surface area contributed by atoms with Crippen molar-refractivity contribution in [2.45, 2.75) is 19.9 Å². The molecule has 0 saturated carbocycles. The summed E-state index contributed by atoms with van der Waals surface area (Å²) in [5.41, 5.74) is 1.18. The van der Waals surface area contributed by atoms with Crippen molar-refractivity contribution in [2.75, 3.05) is 11.9 Å². The molecule has 1 N–H and O–H groups in total. The third-order valence-corrected chi connectivity index (χ3v) is 2.82. The van der Waals surface area contributed by atoms with Crippen molar-refractivity contribution in [1.82, 2.24) is 9.97 Å². The maximum absolute atomic E-state index is 5.98. The third kappa shape index (κ3) is 4.10. The zero-order chi connectivity index (χ0) is 13.7. The van der Waals surface area contributed by atoms with Crippen LogP contribution in [0.15, 0.2) is 36.8 Å². The minimum Gasteiger partial charge on any atom is -0.491 e.